The van der Waals surface area contributed by atoms with Gasteiger partial charge >= 0.3 is 0 Å². The molecule has 0 aliphatic rings. The molecule has 0 rings (SSSR count). The predicted octanol–water partition coefficient (Wildman–Crippen LogP) is 0.117. The fourth-order valence-electron chi connectivity index (χ4n) is 0.866. The number of hydrogen-bond acceptors (Lipinski definition) is 3. The van der Waals surface area contributed by atoms with Gasteiger partial charge in [0, 0.05) is 25.0 Å². The number of amides is 1. The molecular formula is C10H22N2O2. The summed E-state index contributed by atoms with van der Waals surface area (Å²) in [6, 6.07) is 0.352. The van der Waals surface area contributed by atoms with Crippen molar-refractivity contribution in [3.05, 3.63) is 0 Å². The Kier molecular flexibility index (Phi) is 6.49. The Morgan fingerprint density at radius 3 is 2.21 bits per heavy atom. The Morgan fingerprint density at radius 1 is 1.21 bits per heavy atom. The van der Waals surface area contributed by atoms with Gasteiger partial charge in [-0.1, -0.05) is 27.7 Å². The van der Waals surface area contributed by atoms with E-state index in [9.17, 15) is 9.90 Å². The van der Waals surface area contributed by atoms with Crippen molar-refractivity contribution in [2.45, 2.75) is 39.8 Å². The Balaban J connectivity index is 3.53. The molecule has 1 atom stereocenters. The Hall–Kier alpha value is -0.610. The lowest BCUT2D eigenvalue weighted by Crippen LogP contribution is -2.41. The minimum atomic E-state index is -0.514. The first-order valence-electron chi connectivity index (χ1n) is 5.12. The maximum atomic E-state index is 11.1. The lowest BCUT2D eigenvalue weighted by Gasteiger charge is -2.15. The zero-order valence-electron chi connectivity index (χ0n) is 9.50. The van der Waals surface area contributed by atoms with E-state index in [1.807, 2.05) is 27.7 Å². The fourth-order valence-corrected chi connectivity index (χ4v) is 0.866. The maximum Gasteiger partial charge on any atom is 0.222 e. The molecule has 0 aromatic heterocycles. The molecular weight excluding hydrogens is 180 g/mol. The summed E-state index contributed by atoms with van der Waals surface area (Å²) < 4.78 is 0. The van der Waals surface area contributed by atoms with Crippen LogP contribution in [0.3, 0.4) is 0 Å². The van der Waals surface area contributed by atoms with Crippen LogP contribution in [0.2, 0.25) is 0 Å². The summed E-state index contributed by atoms with van der Waals surface area (Å²) in [6.07, 6.45) is -0.514. The SMILES string of the molecule is CC(C)NCC(O)CNC(=O)C(C)C. The zero-order chi connectivity index (χ0) is 11.1. The molecule has 0 radical (unpaired) electrons. The van der Waals surface area contributed by atoms with Crippen molar-refractivity contribution in [1.82, 2.24) is 10.6 Å². The van der Waals surface area contributed by atoms with Crippen LogP contribution in [-0.2, 0) is 4.79 Å². The second-order valence-corrected chi connectivity index (χ2v) is 4.12. The molecule has 84 valence electrons. The first kappa shape index (κ1) is 13.4. The number of aliphatic hydroxyl groups is 1. The molecule has 0 aliphatic carbocycles. The highest BCUT2D eigenvalue weighted by molar-refractivity contribution is 5.77. The van der Waals surface area contributed by atoms with Gasteiger partial charge in [-0.3, -0.25) is 4.79 Å². The molecule has 14 heavy (non-hydrogen) atoms. The predicted molar refractivity (Wildman–Crippen MR) is 57.0 cm³/mol. The average molecular weight is 202 g/mol. The van der Waals surface area contributed by atoms with Crippen LogP contribution in [0, 0.1) is 5.92 Å². The van der Waals surface area contributed by atoms with E-state index in [1.54, 1.807) is 0 Å². The smallest absolute Gasteiger partial charge is 0.222 e. The summed E-state index contributed by atoms with van der Waals surface area (Å²) in [5.41, 5.74) is 0. The van der Waals surface area contributed by atoms with E-state index >= 15 is 0 Å². The molecule has 0 saturated heterocycles. The quantitative estimate of drug-likeness (QED) is 0.573. The van der Waals surface area contributed by atoms with Crippen molar-refractivity contribution in [2.75, 3.05) is 13.1 Å². The highest BCUT2D eigenvalue weighted by Crippen LogP contribution is 1.90. The van der Waals surface area contributed by atoms with E-state index < -0.39 is 6.10 Å². The summed E-state index contributed by atoms with van der Waals surface area (Å²) in [4.78, 5) is 11.1. The van der Waals surface area contributed by atoms with Gasteiger partial charge in [0.2, 0.25) is 5.91 Å². The van der Waals surface area contributed by atoms with Gasteiger partial charge < -0.3 is 15.7 Å². The number of carbonyl (C=O) groups is 1. The standard InChI is InChI=1S/C10H22N2O2/c1-7(2)10(14)12-6-9(13)5-11-8(3)4/h7-9,11,13H,5-6H2,1-4H3,(H,12,14). The number of carbonyl (C=O) groups excluding carboxylic acids is 1. The normalized spacial score (nSPS) is 13.4. The van der Waals surface area contributed by atoms with Gasteiger partial charge in [0.25, 0.3) is 0 Å². The van der Waals surface area contributed by atoms with Crippen LogP contribution in [0.25, 0.3) is 0 Å². The number of rotatable bonds is 6. The molecule has 0 fully saturated rings. The molecule has 0 spiro atoms. The molecule has 0 aromatic rings. The van der Waals surface area contributed by atoms with Crippen molar-refractivity contribution in [3.63, 3.8) is 0 Å². The number of aliphatic hydroxyl groups excluding tert-OH is 1. The first-order chi connectivity index (χ1) is 6.43. The van der Waals surface area contributed by atoms with Crippen molar-refractivity contribution >= 4 is 5.91 Å². The summed E-state index contributed by atoms with van der Waals surface area (Å²) in [6.45, 7) is 8.51. The minimum absolute atomic E-state index is 0.0198. The summed E-state index contributed by atoms with van der Waals surface area (Å²) >= 11 is 0. The molecule has 0 aliphatic heterocycles. The minimum Gasteiger partial charge on any atom is -0.390 e. The molecule has 0 bridgehead atoms. The van der Waals surface area contributed by atoms with Crippen LogP contribution in [0.15, 0.2) is 0 Å². The molecule has 3 N–H and O–H groups in total. The molecule has 1 amide bonds. The third-order valence-electron chi connectivity index (χ3n) is 1.80. The first-order valence-corrected chi connectivity index (χ1v) is 5.12. The van der Waals surface area contributed by atoms with Gasteiger partial charge in [-0.25, -0.2) is 0 Å². The van der Waals surface area contributed by atoms with Gasteiger partial charge in [-0.2, -0.15) is 0 Å². The molecule has 4 heteroatoms. The molecule has 0 aromatic carbocycles. The van der Waals surface area contributed by atoms with Gasteiger partial charge in [-0.05, 0) is 0 Å². The van der Waals surface area contributed by atoms with Crippen molar-refractivity contribution < 1.29 is 9.90 Å². The van der Waals surface area contributed by atoms with Crippen LogP contribution >= 0.6 is 0 Å². The van der Waals surface area contributed by atoms with Gasteiger partial charge in [-0.15, -0.1) is 0 Å². The lowest BCUT2D eigenvalue weighted by atomic mass is 10.2. The van der Waals surface area contributed by atoms with Crippen LogP contribution in [-0.4, -0.2) is 36.2 Å². The summed E-state index contributed by atoms with van der Waals surface area (Å²) in [5, 5.41) is 15.2. The van der Waals surface area contributed by atoms with E-state index in [4.69, 9.17) is 0 Å². The number of hydrogen-bond donors (Lipinski definition) is 3. The molecule has 4 nitrogen and oxygen atoms in total. The van der Waals surface area contributed by atoms with Crippen LogP contribution in [0.5, 0.6) is 0 Å². The van der Waals surface area contributed by atoms with E-state index in [-0.39, 0.29) is 11.8 Å². The topological polar surface area (TPSA) is 61.4 Å². The maximum absolute atomic E-state index is 11.1. The molecule has 1 unspecified atom stereocenters. The van der Waals surface area contributed by atoms with Gasteiger partial charge in [0.05, 0.1) is 6.10 Å². The molecule has 0 heterocycles. The Bertz CT molecular complexity index is 170. The number of nitrogens with one attached hydrogen (secondary N) is 2. The van der Waals surface area contributed by atoms with Gasteiger partial charge in [0.1, 0.15) is 0 Å². The summed E-state index contributed by atoms with van der Waals surface area (Å²) in [7, 11) is 0. The largest absolute Gasteiger partial charge is 0.390 e. The highest BCUT2D eigenvalue weighted by atomic mass is 16.3. The Labute approximate surface area is 86.1 Å². The van der Waals surface area contributed by atoms with Crippen molar-refractivity contribution in [1.29, 1.82) is 0 Å². The Morgan fingerprint density at radius 2 is 1.79 bits per heavy atom. The van der Waals surface area contributed by atoms with E-state index in [0.717, 1.165) is 0 Å². The second kappa shape index (κ2) is 6.79. The van der Waals surface area contributed by atoms with Crippen molar-refractivity contribution in [3.8, 4) is 0 Å². The van der Waals surface area contributed by atoms with Crippen LogP contribution in [0.4, 0.5) is 0 Å². The monoisotopic (exact) mass is 202 g/mol. The van der Waals surface area contributed by atoms with Crippen LogP contribution in [0.1, 0.15) is 27.7 Å². The van der Waals surface area contributed by atoms with Crippen molar-refractivity contribution in [2.24, 2.45) is 5.92 Å². The van der Waals surface area contributed by atoms with E-state index in [2.05, 4.69) is 10.6 Å². The lowest BCUT2D eigenvalue weighted by molar-refractivity contribution is -0.124. The third-order valence-corrected chi connectivity index (χ3v) is 1.80. The second-order valence-electron chi connectivity index (χ2n) is 4.12. The third kappa shape index (κ3) is 6.86. The highest BCUT2D eigenvalue weighted by Gasteiger charge is 2.09. The average Bonchev–Trinajstić information content (AvgIpc) is 2.10. The molecule has 0 saturated carbocycles. The summed E-state index contributed by atoms with van der Waals surface area (Å²) in [5.74, 6) is -0.0474. The zero-order valence-corrected chi connectivity index (χ0v) is 9.50. The van der Waals surface area contributed by atoms with Gasteiger partial charge in [0.15, 0.2) is 0 Å². The van der Waals surface area contributed by atoms with E-state index in [1.165, 1.54) is 0 Å². The van der Waals surface area contributed by atoms with Crippen LogP contribution < -0.4 is 10.6 Å². The van der Waals surface area contributed by atoms with E-state index in [0.29, 0.717) is 19.1 Å². The fraction of sp³-hybridized carbons (Fsp3) is 0.900.